The molecule has 2 aromatic carbocycles. The molecule has 0 atom stereocenters. The number of aliphatic imine (C=N–C) groups is 2. The van der Waals surface area contributed by atoms with Gasteiger partial charge in [-0.05, 0) is 36.4 Å². The molecule has 0 aliphatic carbocycles. The van der Waals surface area contributed by atoms with Crippen LogP contribution in [0.3, 0.4) is 0 Å². The molecule has 0 fully saturated rings. The molecule has 4 nitrogen and oxygen atoms in total. The second-order valence-corrected chi connectivity index (χ2v) is 6.88. The normalized spacial score (nSPS) is 10.7. The molecule has 0 saturated heterocycles. The second-order valence-electron chi connectivity index (χ2n) is 5.06. The van der Waals surface area contributed by atoms with Gasteiger partial charge in [0.2, 0.25) is 0 Å². The molecular weight excluding hydrogens is 425 g/mol. The summed E-state index contributed by atoms with van der Waals surface area (Å²) in [7, 11) is 9.53. The number of rotatable bonds is 4. The third-order valence-electron chi connectivity index (χ3n) is 3.23. The number of carbonyl (C=O) groups excluding carboxylic acids is 1. The van der Waals surface area contributed by atoms with E-state index in [1.54, 1.807) is 24.4 Å². The third kappa shape index (κ3) is 7.85. The van der Waals surface area contributed by atoms with Gasteiger partial charge in [0.05, 0.1) is 29.5 Å². The average molecular weight is 440 g/mol. The molecule has 1 amide bonds. The van der Waals surface area contributed by atoms with Crippen LogP contribution in [0, 0.1) is 0 Å². The summed E-state index contributed by atoms with van der Waals surface area (Å²) in [4.78, 5) is 24.7. The van der Waals surface area contributed by atoms with Crippen molar-refractivity contribution in [3.05, 3.63) is 95.8 Å². The van der Waals surface area contributed by atoms with Crippen molar-refractivity contribution in [1.82, 2.24) is 4.98 Å². The molecule has 3 aromatic rings. The fourth-order valence-electron chi connectivity index (χ4n) is 2.05. The molecule has 1 aromatic heterocycles. The van der Waals surface area contributed by atoms with Crippen molar-refractivity contribution in [1.29, 1.82) is 0 Å². The van der Waals surface area contributed by atoms with Crippen LogP contribution in [0.1, 0.15) is 21.7 Å². The Morgan fingerprint density at radius 2 is 1.37 bits per heavy atom. The van der Waals surface area contributed by atoms with E-state index >= 15 is 0 Å². The number of halogens is 2. The van der Waals surface area contributed by atoms with Crippen molar-refractivity contribution in [2.75, 3.05) is 0 Å². The minimum atomic E-state index is -0.291. The van der Waals surface area contributed by atoms with E-state index in [2.05, 4.69) is 15.0 Å². The Hall–Kier alpha value is -2.30. The molecule has 0 aliphatic rings. The molecule has 7 heteroatoms. The van der Waals surface area contributed by atoms with Gasteiger partial charge in [-0.3, -0.25) is 9.79 Å². The molecule has 0 N–H and O–H groups in total. The van der Waals surface area contributed by atoms with Crippen LogP contribution in [0.5, 0.6) is 0 Å². The van der Waals surface area contributed by atoms with Crippen molar-refractivity contribution >= 4 is 44.2 Å². The molecule has 0 aliphatic heterocycles. The monoisotopic (exact) mass is 439 g/mol. The van der Waals surface area contributed by atoms with Crippen LogP contribution < -0.4 is 0 Å². The maximum absolute atomic E-state index is 12.0. The SMILES string of the molecule is O=C(N=Cc1cccc(C=Nc2ccccc2)n1)c1ccccc1.[Cl][Fe][Cl]. The van der Waals surface area contributed by atoms with E-state index in [0.29, 0.717) is 17.0 Å². The molecule has 3 rings (SSSR count). The molecule has 0 spiro atoms. The van der Waals surface area contributed by atoms with Gasteiger partial charge in [0.1, 0.15) is 0 Å². The summed E-state index contributed by atoms with van der Waals surface area (Å²) >= 11 is 0.194. The number of pyridine rings is 1. The first-order valence-electron chi connectivity index (χ1n) is 7.77. The summed E-state index contributed by atoms with van der Waals surface area (Å²) < 4.78 is 0. The average Bonchev–Trinajstić information content (AvgIpc) is 2.73. The molecule has 1 heterocycles. The van der Waals surface area contributed by atoms with Crippen molar-refractivity contribution in [2.24, 2.45) is 9.98 Å². The van der Waals surface area contributed by atoms with E-state index < -0.39 is 0 Å². The Kier molecular flexibility index (Phi) is 9.45. The first-order chi connectivity index (χ1) is 13.2. The topological polar surface area (TPSA) is 54.7 Å². The first kappa shape index (κ1) is 21.0. The van der Waals surface area contributed by atoms with Crippen LogP contribution in [0.4, 0.5) is 5.69 Å². The van der Waals surface area contributed by atoms with Gasteiger partial charge in [-0.1, -0.05) is 42.5 Å². The van der Waals surface area contributed by atoms with Crippen molar-refractivity contribution in [3.63, 3.8) is 0 Å². The summed E-state index contributed by atoms with van der Waals surface area (Å²) in [6, 6.07) is 24.1. The number of aromatic nitrogens is 1. The van der Waals surface area contributed by atoms with E-state index in [-0.39, 0.29) is 19.0 Å². The predicted octanol–water partition coefficient (Wildman–Crippen LogP) is 5.47. The van der Waals surface area contributed by atoms with Gasteiger partial charge in [0.25, 0.3) is 5.91 Å². The maximum atomic E-state index is 12.0. The number of benzene rings is 2. The van der Waals surface area contributed by atoms with Gasteiger partial charge in [-0.15, -0.1) is 0 Å². The van der Waals surface area contributed by atoms with E-state index in [4.69, 9.17) is 20.2 Å². The van der Waals surface area contributed by atoms with Gasteiger partial charge in [-0.25, -0.2) is 9.98 Å². The fraction of sp³-hybridized carbons (Fsp3) is 0. The summed E-state index contributed by atoms with van der Waals surface area (Å²) in [5, 5.41) is 0. The van der Waals surface area contributed by atoms with Crippen LogP contribution in [0.2, 0.25) is 0 Å². The molecule has 0 radical (unpaired) electrons. The van der Waals surface area contributed by atoms with E-state index in [0.717, 1.165) is 5.69 Å². The van der Waals surface area contributed by atoms with Gasteiger partial charge in [-0.2, -0.15) is 0 Å². The Morgan fingerprint density at radius 1 is 0.815 bits per heavy atom. The molecule has 0 unspecified atom stereocenters. The van der Waals surface area contributed by atoms with Gasteiger partial charge in [0.15, 0.2) is 0 Å². The Labute approximate surface area is 172 Å². The minimum absolute atomic E-state index is 0.194. The zero-order chi connectivity index (χ0) is 19.3. The van der Waals surface area contributed by atoms with Crippen molar-refractivity contribution in [3.8, 4) is 0 Å². The standard InChI is InChI=1S/C20H15N3O.2ClH.Fe/c24-20(16-8-3-1-4-9-16)22-15-19-13-7-12-18(23-19)14-21-17-10-5-2-6-11-17;;;/h1-15H;2*1H;/q;;;+2/p-2. The summed E-state index contributed by atoms with van der Waals surface area (Å²) in [6.45, 7) is 0. The number of nitrogens with zero attached hydrogens (tertiary/aromatic N) is 3. The van der Waals surface area contributed by atoms with Crippen LogP contribution in [-0.4, -0.2) is 23.3 Å². The number of carbonyl (C=O) groups is 1. The third-order valence-corrected chi connectivity index (χ3v) is 3.23. The van der Waals surface area contributed by atoms with E-state index in [1.165, 1.54) is 6.21 Å². The first-order valence-corrected chi connectivity index (χ1v) is 10.8. The van der Waals surface area contributed by atoms with Crippen LogP contribution in [-0.2, 0) is 13.1 Å². The summed E-state index contributed by atoms with van der Waals surface area (Å²) in [6.07, 6.45) is 3.15. The number of hydrogen-bond donors (Lipinski definition) is 0. The molecular formula is C20H15Cl2FeN3O. The summed E-state index contributed by atoms with van der Waals surface area (Å²) in [5.41, 5.74) is 2.72. The molecule has 0 saturated carbocycles. The zero-order valence-electron chi connectivity index (χ0n) is 14.0. The van der Waals surface area contributed by atoms with Crippen molar-refractivity contribution < 1.29 is 17.9 Å². The summed E-state index contributed by atoms with van der Waals surface area (Å²) in [5.74, 6) is -0.291. The molecule has 27 heavy (non-hydrogen) atoms. The fourth-order valence-corrected chi connectivity index (χ4v) is 2.05. The van der Waals surface area contributed by atoms with Crippen molar-refractivity contribution in [2.45, 2.75) is 0 Å². The Morgan fingerprint density at radius 3 is 2.00 bits per heavy atom. The Bertz CT molecular complexity index is 903. The molecule has 0 bridgehead atoms. The van der Waals surface area contributed by atoms with Crippen LogP contribution in [0.25, 0.3) is 0 Å². The van der Waals surface area contributed by atoms with Gasteiger partial charge >= 0.3 is 33.3 Å². The van der Waals surface area contributed by atoms with E-state index in [9.17, 15) is 4.79 Å². The quantitative estimate of drug-likeness (QED) is 0.399. The number of para-hydroxylation sites is 1. The van der Waals surface area contributed by atoms with Gasteiger partial charge < -0.3 is 0 Å². The predicted molar refractivity (Wildman–Crippen MR) is 108 cm³/mol. The Balaban J connectivity index is 0.000000817. The second kappa shape index (κ2) is 12.2. The van der Waals surface area contributed by atoms with Crippen LogP contribution in [0.15, 0.2) is 88.8 Å². The molecule has 138 valence electrons. The van der Waals surface area contributed by atoms with Crippen LogP contribution >= 0.6 is 20.2 Å². The number of amides is 1. The van der Waals surface area contributed by atoms with Gasteiger partial charge in [0, 0.05) is 5.56 Å². The van der Waals surface area contributed by atoms with E-state index in [1.807, 2.05) is 60.7 Å². The number of hydrogen-bond acceptors (Lipinski definition) is 3. The zero-order valence-corrected chi connectivity index (χ0v) is 16.6.